The first-order valence-electron chi connectivity index (χ1n) is 6.18. The molecule has 0 spiro atoms. The van der Waals surface area contributed by atoms with Crippen LogP contribution >= 0.6 is 0 Å². The minimum absolute atomic E-state index is 0.0380. The number of anilines is 1. The summed E-state index contributed by atoms with van der Waals surface area (Å²) in [4.78, 5) is 11.8. The van der Waals surface area contributed by atoms with Gasteiger partial charge in [0.05, 0.1) is 13.7 Å². The molecule has 0 amide bonds. The first-order valence-corrected chi connectivity index (χ1v) is 6.18. The molecule has 1 heterocycles. The van der Waals surface area contributed by atoms with Crippen LogP contribution in [0.25, 0.3) is 0 Å². The molecule has 0 saturated heterocycles. The van der Waals surface area contributed by atoms with Gasteiger partial charge in [-0.25, -0.2) is 0 Å². The van der Waals surface area contributed by atoms with E-state index in [1.54, 1.807) is 19.2 Å². The molecule has 7 heteroatoms. The topological polar surface area (TPSA) is 92.4 Å². The van der Waals surface area contributed by atoms with E-state index in [0.717, 1.165) is 6.42 Å². The molecule has 0 fully saturated rings. The van der Waals surface area contributed by atoms with Gasteiger partial charge in [0.25, 0.3) is 0 Å². The van der Waals surface area contributed by atoms with Gasteiger partial charge >= 0.3 is 12.0 Å². The van der Waals surface area contributed by atoms with Gasteiger partial charge in [-0.2, -0.15) is 9.97 Å². The third-order valence-corrected chi connectivity index (χ3v) is 2.32. The number of methoxy groups -OCH3 is 1. The minimum Gasteiger partial charge on any atom is -0.493 e. The molecule has 2 rings (SSSR count). The van der Waals surface area contributed by atoms with Gasteiger partial charge in [0.2, 0.25) is 5.95 Å². The number of nitrogen functional groups attached to an aromatic ring is 1. The predicted octanol–water partition coefficient (Wildman–Crippen LogP) is 2.04. The van der Waals surface area contributed by atoms with Crippen LogP contribution in [-0.2, 0) is 0 Å². The molecule has 1 aromatic heterocycles. The molecule has 1 aromatic carbocycles. The highest BCUT2D eigenvalue weighted by Crippen LogP contribution is 2.29. The zero-order valence-electron chi connectivity index (χ0n) is 11.4. The smallest absolute Gasteiger partial charge is 0.330 e. The highest BCUT2D eigenvalue weighted by Gasteiger charge is 2.10. The molecule has 0 radical (unpaired) electrons. The summed E-state index contributed by atoms with van der Waals surface area (Å²) in [5, 5.41) is 0. The molecule has 106 valence electrons. The Kier molecular flexibility index (Phi) is 4.54. The quantitative estimate of drug-likeness (QED) is 0.862. The van der Waals surface area contributed by atoms with Gasteiger partial charge in [0, 0.05) is 0 Å². The highest BCUT2D eigenvalue weighted by atomic mass is 16.5. The number of aromatic nitrogens is 3. The van der Waals surface area contributed by atoms with E-state index in [1.807, 2.05) is 19.1 Å². The van der Waals surface area contributed by atoms with Crippen molar-refractivity contribution in [2.24, 2.45) is 0 Å². The second kappa shape index (κ2) is 6.55. The summed E-state index contributed by atoms with van der Waals surface area (Å²) in [5.41, 5.74) is 5.60. The second-order valence-corrected chi connectivity index (χ2v) is 3.86. The summed E-state index contributed by atoms with van der Waals surface area (Å²) >= 11 is 0. The Morgan fingerprint density at radius 1 is 1.05 bits per heavy atom. The van der Waals surface area contributed by atoms with E-state index < -0.39 is 0 Å². The Morgan fingerprint density at radius 3 is 2.45 bits per heavy atom. The summed E-state index contributed by atoms with van der Waals surface area (Å²) in [6.45, 7) is 2.48. The summed E-state index contributed by atoms with van der Waals surface area (Å²) in [7, 11) is 1.56. The molecule has 0 atom stereocenters. The molecular weight excluding hydrogens is 260 g/mol. The molecule has 0 aliphatic heterocycles. The van der Waals surface area contributed by atoms with Crippen LogP contribution in [0, 0.1) is 0 Å². The Hall–Kier alpha value is -2.57. The SMILES string of the molecule is CCCOc1nc(N)nc(Oc2ccccc2OC)n1. The number of nitrogens with two attached hydrogens (primary N) is 1. The molecule has 7 nitrogen and oxygen atoms in total. The standard InChI is InChI=1S/C13H16N4O3/c1-3-8-19-12-15-11(14)16-13(17-12)20-10-7-5-4-6-9(10)18-2/h4-7H,3,8H2,1-2H3,(H2,14,15,16,17). The van der Waals surface area contributed by atoms with Crippen LogP contribution in [0.5, 0.6) is 23.5 Å². The molecule has 2 aromatic rings. The molecular formula is C13H16N4O3. The van der Waals surface area contributed by atoms with Crippen LogP contribution in [0.1, 0.15) is 13.3 Å². The van der Waals surface area contributed by atoms with Crippen molar-refractivity contribution in [1.82, 2.24) is 15.0 Å². The van der Waals surface area contributed by atoms with Gasteiger partial charge < -0.3 is 19.9 Å². The van der Waals surface area contributed by atoms with E-state index in [4.69, 9.17) is 19.9 Å². The maximum absolute atomic E-state index is 5.60. The van der Waals surface area contributed by atoms with E-state index >= 15 is 0 Å². The average molecular weight is 276 g/mol. The number of rotatable bonds is 6. The highest BCUT2D eigenvalue weighted by molar-refractivity contribution is 5.41. The van der Waals surface area contributed by atoms with E-state index in [0.29, 0.717) is 18.1 Å². The number of ether oxygens (including phenoxy) is 3. The number of para-hydroxylation sites is 2. The van der Waals surface area contributed by atoms with Gasteiger partial charge in [0.15, 0.2) is 11.5 Å². The van der Waals surface area contributed by atoms with Crippen molar-refractivity contribution < 1.29 is 14.2 Å². The molecule has 20 heavy (non-hydrogen) atoms. The van der Waals surface area contributed by atoms with Crippen molar-refractivity contribution >= 4 is 5.95 Å². The van der Waals surface area contributed by atoms with Crippen LogP contribution in [0.4, 0.5) is 5.95 Å². The maximum Gasteiger partial charge on any atom is 0.330 e. The van der Waals surface area contributed by atoms with Gasteiger partial charge in [0.1, 0.15) is 0 Å². The Labute approximate surface area is 116 Å². The maximum atomic E-state index is 5.60. The largest absolute Gasteiger partial charge is 0.493 e. The normalized spacial score (nSPS) is 10.1. The lowest BCUT2D eigenvalue weighted by atomic mass is 10.3. The molecule has 0 saturated carbocycles. The first-order chi connectivity index (χ1) is 9.72. The van der Waals surface area contributed by atoms with Crippen molar-refractivity contribution in [2.75, 3.05) is 19.5 Å². The number of hydrogen-bond acceptors (Lipinski definition) is 7. The van der Waals surface area contributed by atoms with Crippen LogP contribution < -0.4 is 19.9 Å². The van der Waals surface area contributed by atoms with E-state index in [1.165, 1.54) is 0 Å². The monoisotopic (exact) mass is 276 g/mol. The molecule has 0 bridgehead atoms. The van der Waals surface area contributed by atoms with Crippen LogP contribution in [0.3, 0.4) is 0 Å². The van der Waals surface area contributed by atoms with Gasteiger partial charge in [-0.1, -0.05) is 19.1 Å². The van der Waals surface area contributed by atoms with Crippen LogP contribution in [0.2, 0.25) is 0 Å². The van der Waals surface area contributed by atoms with Crippen molar-refractivity contribution in [1.29, 1.82) is 0 Å². The predicted molar refractivity (Wildman–Crippen MR) is 73.1 cm³/mol. The average Bonchev–Trinajstić information content (AvgIpc) is 2.45. The fraction of sp³-hybridized carbons (Fsp3) is 0.308. The van der Waals surface area contributed by atoms with Gasteiger partial charge in [-0.05, 0) is 18.6 Å². The van der Waals surface area contributed by atoms with Crippen LogP contribution in [0.15, 0.2) is 24.3 Å². The lowest BCUT2D eigenvalue weighted by Crippen LogP contribution is -2.06. The van der Waals surface area contributed by atoms with Crippen molar-refractivity contribution in [3.8, 4) is 23.5 Å². The third kappa shape index (κ3) is 3.47. The summed E-state index contributed by atoms with van der Waals surface area (Å²) in [6.07, 6.45) is 0.842. The van der Waals surface area contributed by atoms with Crippen molar-refractivity contribution in [2.45, 2.75) is 13.3 Å². The lowest BCUT2D eigenvalue weighted by molar-refractivity contribution is 0.284. The van der Waals surface area contributed by atoms with Crippen LogP contribution in [-0.4, -0.2) is 28.7 Å². The summed E-state index contributed by atoms with van der Waals surface area (Å²) in [5.74, 6) is 1.10. The van der Waals surface area contributed by atoms with E-state index in [9.17, 15) is 0 Å². The van der Waals surface area contributed by atoms with E-state index in [-0.39, 0.29) is 18.0 Å². The second-order valence-electron chi connectivity index (χ2n) is 3.86. The Balaban J connectivity index is 2.22. The summed E-state index contributed by atoms with van der Waals surface area (Å²) in [6, 6.07) is 7.37. The van der Waals surface area contributed by atoms with E-state index in [2.05, 4.69) is 15.0 Å². The van der Waals surface area contributed by atoms with Gasteiger partial charge in [-0.3, -0.25) is 0 Å². The fourth-order valence-electron chi connectivity index (χ4n) is 1.46. The van der Waals surface area contributed by atoms with Gasteiger partial charge in [-0.15, -0.1) is 4.98 Å². The number of benzene rings is 1. The molecule has 0 unspecified atom stereocenters. The Morgan fingerprint density at radius 2 is 1.75 bits per heavy atom. The first kappa shape index (κ1) is 13.9. The molecule has 0 aliphatic rings. The van der Waals surface area contributed by atoms with Crippen molar-refractivity contribution in [3.63, 3.8) is 0 Å². The Bertz CT molecular complexity index is 577. The zero-order valence-corrected chi connectivity index (χ0v) is 11.4. The zero-order chi connectivity index (χ0) is 14.4. The molecule has 0 aliphatic carbocycles. The summed E-state index contributed by atoms with van der Waals surface area (Å²) < 4.78 is 16.1. The number of hydrogen-bond donors (Lipinski definition) is 1. The number of nitrogens with zero attached hydrogens (tertiary/aromatic N) is 3. The third-order valence-electron chi connectivity index (χ3n) is 2.32. The lowest BCUT2D eigenvalue weighted by Gasteiger charge is -2.09. The fourth-order valence-corrected chi connectivity index (χ4v) is 1.46. The molecule has 2 N–H and O–H groups in total. The van der Waals surface area contributed by atoms with Crippen molar-refractivity contribution in [3.05, 3.63) is 24.3 Å². The minimum atomic E-state index is 0.0380.